The number of fused-ring (bicyclic) bond motifs is 1. The molecule has 0 aliphatic rings. The minimum atomic E-state index is 0.800. The molecule has 0 N–H and O–H groups in total. The second kappa shape index (κ2) is 2.75. The molecule has 1 heterocycles. The average molecular weight is 176 g/mol. The first-order valence-corrected chi connectivity index (χ1v) is 4.13. The summed E-state index contributed by atoms with van der Waals surface area (Å²) >= 11 is 4.23. The topological polar surface area (TPSA) is 25.8 Å². The fraction of sp³-hybridized carbons (Fsp3) is 0.111. The molecule has 0 unspecified atom stereocenters. The van der Waals surface area contributed by atoms with E-state index in [1.165, 1.54) is 0 Å². The molecular formula is C9H8N2S. The van der Waals surface area contributed by atoms with Crippen molar-refractivity contribution in [2.45, 2.75) is 11.8 Å². The molecule has 0 saturated carbocycles. The average Bonchev–Trinajstić information content (AvgIpc) is 2.05. The van der Waals surface area contributed by atoms with Gasteiger partial charge in [-0.3, -0.25) is 0 Å². The van der Waals surface area contributed by atoms with E-state index in [1.54, 1.807) is 0 Å². The number of thiol groups is 1. The molecule has 0 aliphatic carbocycles. The summed E-state index contributed by atoms with van der Waals surface area (Å²) in [6, 6.07) is 5.84. The van der Waals surface area contributed by atoms with Crippen LogP contribution in [0.1, 0.15) is 5.82 Å². The van der Waals surface area contributed by atoms with E-state index in [-0.39, 0.29) is 0 Å². The van der Waals surface area contributed by atoms with Crippen molar-refractivity contribution in [3.63, 3.8) is 0 Å². The molecule has 2 rings (SSSR count). The highest BCUT2D eigenvalue weighted by atomic mass is 32.1. The van der Waals surface area contributed by atoms with E-state index in [1.807, 2.05) is 31.3 Å². The first kappa shape index (κ1) is 7.55. The fourth-order valence-corrected chi connectivity index (χ4v) is 1.33. The first-order valence-electron chi connectivity index (χ1n) is 3.68. The summed E-state index contributed by atoms with van der Waals surface area (Å²) in [5.41, 5.74) is 0.973. The van der Waals surface area contributed by atoms with Gasteiger partial charge in [-0.05, 0) is 25.1 Å². The Morgan fingerprint density at radius 1 is 1.33 bits per heavy atom. The Bertz CT molecular complexity index is 385. The number of hydrogen-bond donors (Lipinski definition) is 1. The van der Waals surface area contributed by atoms with Gasteiger partial charge >= 0.3 is 0 Å². The van der Waals surface area contributed by atoms with Crippen molar-refractivity contribution in [2.75, 3.05) is 0 Å². The molecule has 0 atom stereocenters. The van der Waals surface area contributed by atoms with Gasteiger partial charge < -0.3 is 0 Å². The molecule has 60 valence electrons. The number of hydrogen-bond acceptors (Lipinski definition) is 3. The Balaban J connectivity index is 2.79. The van der Waals surface area contributed by atoms with Crippen LogP contribution in [-0.2, 0) is 0 Å². The molecule has 0 saturated heterocycles. The monoisotopic (exact) mass is 176 g/mol. The molecule has 2 nitrogen and oxygen atoms in total. The molecule has 0 spiro atoms. The smallest absolute Gasteiger partial charge is 0.125 e. The van der Waals surface area contributed by atoms with Crippen LogP contribution in [0.25, 0.3) is 10.9 Å². The van der Waals surface area contributed by atoms with Crippen LogP contribution in [0.5, 0.6) is 0 Å². The molecule has 3 heteroatoms. The van der Waals surface area contributed by atoms with Crippen molar-refractivity contribution in [1.29, 1.82) is 0 Å². The normalized spacial score (nSPS) is 10.5. The summed E-state index contributed by atoms with van der Waals surface area (Å²) in [6.45, 7) is 1.88. The third kappa shape index (κ3) is 1.28. The molecular weight excluding hydrogens is 168 g/mol. The maximum Gasteiger partial charge on any atom is 0.125 e. The molecule has 0 bridgehead atoms. The van der Waals surface area contributed by atoms with Crippen molar-refractivity contribution in [1.82, 2.24) is 9.97 Å². The molecule has 1 aromatic heterocycles. The van der Waals surface area contributed by atoms with Crippen molar-refractivity contribution in [3.05, 3.63) is 30.2 Å². The number of nitrogens with zero attached hydrogens (tertiary/aromatic N) is 2. The van der Waals surface area contributed by atoms with Crippen LogP contribution in [0.3, 0.4) is 0 Å². The quantitative estimate of drug-likeness (QED) is 0.623. The SMILES string of the molecule is Cc1ncc2cc(S)ccc2n1. The van der Waals surface area contributed by atoms with Crippen molar-refractivity contribution in [2.24, 2.45) is 0 Å². The van der Waals surface area contributed by atoms with Gasteiger partial charge in [-0.25, -0.2) is 9.97 Å². The standard InChI is InChI=1S/C9H8N2S/c1-6-10-5-7-4-8(12)2-3-9(7)11-6/h2-5,12H,1H3. The highest BCUT2D eigenvalue weighted by Crippen LogP contribution is 2.15. The van der Waals surface area contributed by atoms with E-state index in [0.717, 1.165) is 21.6 Å². The molecule has 12 heavy (non-hydrogen) atoms. The van der Waals surface area contributed by atoms with E-state index in [9.17, 15) is 0 Å². The lowest BCUT2D eigenvalue weighted by atomic mass is 10.2. The van der Waals surface area contributed by atoms with E-state index in [4.69, 9.17) is 0 Å². The molecule has 0 radical (unpaired) electrons. The van der Waals surface area contributed by atoms with Crippen LogP contribution in [0.15, 0.2) is 29.3 Å². The predicted octanol–water partition coefficient (Wildman–Crippen LogP) is 2.23. The second-order valence-corrected chi connectivity index (χ2v) is 3.18. The van der Waals surface area contributed by atoms with Crippen molar-refractivity contribution >= 4 is 23.5 Å². The van der Waals surface area contributed by atoms with Crippen molar-refractivity contribution in [3.8, 4) is 0 Å². The van der Waals surface area contributed by atoms with Gasteiger partial charge in [-0.2, -0.15) is 0 Å². The van der Waals surface area contributed by atoms with Gasteiger partial charge in [-0.15, -0.1) is 12.6 Å². The third-order valence-corrected chi connectivity index (χ3v) is 1.96. The Hall–Kier alpha value is -1.09. The second-order valence-electron chi connectivity index (χ2n) is 2.66. The minimum absolute atomic E-state index is 0.800. The summed E-state index contributed by atoms with van der Waals surface area (Å²) in [4.78, 5) is 9.31. The van der Waals surface area contributed by atoms with Crippen molar-refractivity contribution < 1.29 is 0 Å². The van der Waals surface area contributed by atoms with Gasteiger partial charge in [0.1, 0.15) is 5.82 Å². The molecule has 0 aliphatic heterocycles. The Kier molecular flexibility index (Phi) is 1.73. The summed E-state index contributed by atoms with van der Waals surface area (Å²) in [5, 5.41) is 1.04. The lowest BCUT2D eigenvalue weighted by molar-refractivity contribution is 1.09. The van der Waals surface area contributed by atoms with Crippen LogP contribution in [0, 0.1) is 6.92 Å². The van der Waals surface area contributed by atoms with Gasteiger partial charge in [0.15, 0.2) is 0 Å². The van der Waals surface area contributed by atoms with Crippen LogP contribution >= 0.6 is 12.6 Å². The lowest BCUT2D eigenvalue weighted by Crippen LogP contribution is -1.86. The van der Waals surface area contributed by atoms with Gasteiger partial charge in [0.05, 0.1) is 5.52 Å². The lowest BCUT2D eigenvalue weighted by Gasteiger charge is -1.97. The fourth-order valence-electron chi connectivity index (χ4n) is 1.11. The van der Waals surface area contributed by atoms with Crippen LogP contribution in [0.4, 0.5) is 0 Å². The minimum Gasteiger partial charge on any atom is -0.241 e. The number of rotatable bonds is 0. The third-order valence-electron chi connectivity index (χ3n) is 1.68. The zero-order valence-corrected chi connectivity index (χ0v) is 7.55. The number of aromatic nitrogens is 2. The maximum atomic E-state index is 4.27. The zero-order chi connectivity index (χ0) is 8.55. The van der Waals surface area contributed by atoms with Gasteiger partial charge in [0.2, 0.25) is 0 Å². The van der Waals surface area contributed by atoms with Gasteiger partial charge in [-0.1, -0.05) is 0 Å². The Labute approximate surface area is 76.1 Å². The largest absolute Gasteiger partial charge is 0.241 e. The maximum absolute atomic E-state index is 4.27. The van der Waals surface area contributed by atoms with Crippen LogP contribution in [-0.4, -0.2) is 9.97 Å². The summed E-state index contributed by atoms with van der Waals surface area (Å²) < 4.78 is 0. The number of benzene rings is 1. The highest BCUT2D eigenvalue weighted by molar-refractivity contribution is 7.80. The Morgan fingerprint density at radius 3 is 3.00 bits per heavy atom. The summed E-state index contributed by atoms with van der Waals surface area (Å²) in [5.74, 6) is 0.800. The number of aryl methyl sites for hydroxylation is 1. The van der Waals surface area contributed by atoms with E-state index < -0.39 is 0 Å². The Morgan fingerprint density at radius 2 is 2.17 bits per heavy atom. The highest BCUT2D eigenvalue weighted by Gasteiger charge is 1.95. The molecule has 2 aromatic rings. The molecule has 1 aromatic carbocycles. The van der Waals surface area contributed by atoms with Gasteiger partial charge in [0.25, 0.3) is 0 Å². The first-order chi connectivity index (χ1) is 5.75. The zero-order valence-electron chi connectivity index (χ0n) is 6.65. The molecule has 0 amide bonds. The summed E-state index contributed by atoms with van der Waals surface area (Å²) in [7, 11) is 0. The predicted molar refractivity (Wildman–Crippen MR) is 51.5 cm³/mol. The van der Waals surface area contributed by atoms with E-state index >= 15 is 0 Å². The van der Waals surface area contributed by atoms with E-state index in [0.29, 0.717) is 0 Å². The summed E-state index contributed by atoms with van der Waals surface area (Å²) in [6.07, 6.45) is 1.82. The van der Waals surface area contributed by atoms with Crippen LogP contribution in [0.2, 0.25) is 0 Å². The molecule has 0 fully saturated rings. The van der Waals surface area contributed by atoms with Crippen LogP contribution < -0.4 is 0 Å². The van der Waals surface area contributed by atoms with Gasteiger partial charge in [0, 0.05) is 16.5 Å². The van der Waals surface area contributed by atoms with E-state index in [2.05, 4.69) is 22.6 Å².